The molecule has 1 aliphatic carbocycles. The average molecular weight is 446 g/mol. The van der Waals surface area contributed by atoms with Gasteiger partial charge in [-0.05, 0) is 56.8 Å². The van der Waals surface area contributed by atoms with Crippen molar-refractivity contribution in [2.45, 2.75) is 38.1 Å². The van der Waals surface area contributed by atoms with Crippen LogP contribution >= 0.6 is 11.6 Å². The molecule has 0 saturated carbocycles. The van der Waals surface area contributed by atoms with E-state index in [1.165, 1.54) is 0 Å². The molecule has 2 aromatic carbocycles. The van der Waals surface area contributed by atoms with E-state index >= 15 is 0 Å². The molecule has 0 atom stereocenters. The molecule has 2 heterocycles. The number of fused-ring (bicyclic) bond motifs is 4. The first-order valence-electron chi connectivity index (χ1n) is 11.1. The molecule has 0 unspecified atom stereocenters. The summed E-state index contributed by atoms with van der Waals surface area (Å²) in [7, 11) is 4.29. The molecule has 5 rings (SSSR count). The minimum absolute atomic E-state index is 0.0220. The van der Waals surface area contributed by atoms with Crippen LogP contribution in [0.4, 0.5) is 5.69 Å². The number of anilines is 1. The minimum Gasteiger partial charge on any atom is -0.370 e. The third kappa shape index (κ3) is 3.07. The summed E-state index contributed by atoms with van der Waals surface area (Å²) in [5.41, 5.74) is 5.75. The Morgan fingerprint density at radius 1 is 1.19 bits per heavy atom. The maximum Gasteiger partial charge on any atom is 0.195 e. The lowest BCUT2D eigenvalue weighted by atomic mass is 9.71. The fourth-order valence-corrected chi connectivity index (χ4v) is 5.68. The number of rotatable bonds is 2. The van der Waals surface area contributed by atoms with Crippen molar-refractivity contribution >= 4 is 34.0 Å². The molecule has 1 aromatic heterocycles. The highest BCUT2D eigenvalue weighted by molar-refractivity contribution is 6.34. The number of carbonyl (C=O) groups is 1. The summed E-state index contributed by atoms with van der Waals surface area (Å²) in [6.45, 7) is 6.26. The van der Waals surface area contributed by atoms with E-state index in [0.717, 1.165) is 64.9 Å². The van der Waals surface area contributed by atoms with Crippen LogP contribution < -0.4 is 4.90 Å². The molecule has 32 heavy (non-hydrogen) atoms. The molecular formula is C27H28ClN3O. The van der Waals surface area contributed by atoms with E-state index in [1.54, 1.807) is 0 Å². The Labute approximate surface area is 194 Å². The van der Waals surface area contributed by atoms with Crippen molar-refractivity contribution in [1.29, 1.82) is 0 Å². The lowest BCUT2D eigenvalue weighted by Gasteiger charge is -2.38. The number of aromatic nitrogens is 1. The van der Waals surface area contributed by atoms with Crippen LogP contribution in [-0.4, -0.2) is 48.9 Å². The van der Waals surface area contributed by atoms with Crippen LogP contribution in [0, 0.1) is 12.3 Å². The van der Waals surface area contributed by atoms with E-state index in [4.69, 9.17) is 18.0 Å². The second-order valence-electron chi connectivity index (χ2n) is 9.76. The number of ketones is 1. The van der Waals surface area contributed by atoms with E-state index in [-0.39, 0.29) is 11.2 Å². The molecule has 5 heteroatoms. The molecule has 4 nitrogen and oxygen atoms in total. The van der Waals surface area contributed by atoms with Gasteiger partial charge < -0.3 is 14.8 Å². The van der Waals surface area contributed by atoms with Crippen molar-refractivity contribution in [2.24, 2.45) is 0 Å². The van der Waals surface area contributed by atoms with Crippen LogP contribution in [0.15, 0.2) is 30.3 Å². The summed E-state index contributed by atoms with van der Waals surface area (Å²) < 4.78 is 0. The van der Waals surface area contributed by atoms with Gasteiger partial charge in [0, 0.05) is 52.3 Å². The first-order chi connectivity index (χ1) is 15.2. The second-order valence-corrected chi connectivity index (χ2v) is 10.2. The fourth-order valence-electron chi connectivity index (χ4n) is 5.39. The van der Waals surface area contributed by atoms with Gasteiger partial charge in [0.1, 0.15) is 0 Å². The quantitative estimate of drug-likeness (QED) is 0.551. The maximum atomic E-state index is 13.6. The topological polar surface area (TPSA) is 39.3 Å². The number of piperidine rings is 1. The van der Waals surface area contributed by atoms with Crippen LogP contribution in [0.2, 0.25) is 5.02 Å². The molecule has 3 aromatic rings. The second kappa shape index (κ2) is 7.40. The van der Waals surface area contributed by atoms with Gasteiger partial charge in [-0.1, -0.05) is 37.4 Å². The van der Waals surface area contributed by atoms with Crippen LogP contribution in [0.5, 0.6) is 0 Å². The molecule has 0 bridgehead atoms. The predicted molar refractivity (Wildman–Crippen MR) is 132 cm³/mol. The van der Waals surface area contributed by atoms with Gasteiger partial charge in [0.25, 0.3) is 0 Å². The normalized spacial score (nSPS) is 18.0. The van der Waals surface area contributed by atoms with Crippen molar-refractivity contribution in [3.05, 3.63) is 63.3 Å². The van der Waals surface area contributed by atoms with Crippen molar-refractivity contribution in [3.63, 3.8) is 0 Å². The SMILES string of the molecule is C#Cc1ccc2c3c([nH]c2c1)C(C)(C)c1cc(N2CCC(N(C)C)CC2)c(Cl)cc1C3=O. The van der Waals surface area contributed by atoms with E-state index in [9.17, 15) is 4.79 Å². The van der Waals surface area contributed by atoms with Gasteiger partial charge >= 0.3 is 0 Å². The number of hydrogen-bond donors (Lipinski definition) is 1. The van der Waals surface area contributed by atoms with Gasteiger partial charge in [-0.2, -0.15) is 0 Å². The summed E-state index contributed by atoms with van der Waals surface area (Å²) in [6, 6.07) is 10.4. The highest BCUT2D eigenvalue weighted by atomic mass is 35.5. The number of terminal acetylenes is 1. The molecule has 164 valence electrons. The van der Waals surface area contributed by atoms with Crippen molar-refractivity contribution in [2.75, 3.05) is 32.1 Å². The largest absolute Gasteiger partial charge is 0.370 e. The third-order valence-electron chi connectivity index (χ3n) is 7.36. The van der Waals surface area contributed by atoms with Crippen molar-refractivity contribution < 1.29 is 4.79 Å². The third-order valence-corrected chi connectivity index (χ3v) is 7.66. The summed E-state index contributed by atoms with van der Waals surface area (Å²) in [4.78, 5) is 21.8. The molecule has 0 radical (unpaired) electrons. The Morgan fingerprint density at radius 3 is 2.56 bits per heavy atom. The first kappa shape index (κ1) is 21.1. The standard InChI is InChI=1S/C27H28ClN3O/c1-6-16-7-8-18-22(13-16)29-26-24(18)25(32)19-14-21(28)23(15-20(19)27(26,2)3)31-11-9-17(10-12-31)30(4)5/h1,7-8,13-15,17,29H,9-12H2,2-5H3. The Kier molecular flexibility index (Phi) is 4.89. The van der Waals surface area contributed by atoms with Gasteiger partial charge in [0.15, 0.2) is 5.78 Å². The van der Waals surface area contributed by atoms with E-state index in [0.29, 0.717) is 16.6 Å². The molecule has 1 N–H and O–H groups in total. The Bertz CT molecular complexity index is 1290. The lowest BCUT2D eigenvalue weighted by Crippen LogP contribution is -2.42. The minimum atomic E-state index is -0.366. The van der Waals surface area contributed by atoms with Crippen LogP contribution in [0.3, 0.4) is 0 Å². The smallest absolute Gasteiger partial charge is 0.195 e. The van der Waals surface area contributed by atoms with E-state index < -0.39 is 0 Å². The molecule has 0 amide bonds. The summed E-state index contributed by atoms with van der Waals surface area (Å²) in [5, 5.41) is 1.56. The van der Waals surface area contributed by atoms with Crippen LogP contribution in [-0.2, 0) is 5.41 Å². The molecule has 1 saturated heterocycles. The zero-order valence-electron chi connectivity index (χ0n) is 19.1. The molecule has 2 aliphatic rings. The monoisotopic (exact) mass is 445 g/mol. The Morgan fingerprint density at radius 2 is 1.91 bits per heavy atom. The predicted octanol–water partition coefficient (Wildman–Crippen LogP) is 5.20. The first-order valence-corrected chi connectivity index (χ1v) is 11.5. The number of carbonyl (C=O) groups excluding carboxylic acids is 1. The maximum absolute atomic E-state index is 13.6. The Balaban J connectivity index is 1.61. The highest BCUT2D eigenvalue weighted by Crippen LogP contribution is 2.46. The zero-order valence-corrected chi connectivity index (χ0v) is 19.8. The average Bonchev–Trinajstić information content (AvgIpc) is 3.17. The molecular weight excluding hydrogens is 418 g/mol. The highest BCUT2D eigenvalue weighted by Gasteiger charge is 2.40. The number of aromatic amines is 1. The van der Waals surface area contributed by atoms with Gasteiger partial charge in [0.05, 0.1) is 16.3 Å². The summed E-state index contributed by atoms with van der Waals surface area (Å²) in [6.07, 6.45) is 7.80. The molecule has 1 aliphatic heterocycles. The number of halogens is 1. The van der Waals surface area contributed by atoms with Gasteiger partial charge in [0.2, 0.25) is 0 Å². The summed E-state index contributed by atoms with van der Waals surface area (Å²) in [5.74, 6) is 2.70. The van der Waals surface area contributed by atoms with Crippen molar-refractivity contribution in [1.82, 2.24) is 9.88 Å². The van der Waals surface area contributed by atoms with Gasteiger partial charge in [-0.15, -0.1) is 6.42 Å². The molecule has 0 spiro atoms. The summed E-state index contributed by atoms with van der Waals surface area (Å²) >= 11 is 6.78. The van der Waals surface area contributed by atoms with E-state index in [2.05, 4.69) is 54.7 Å². The molecule has 1 fully saturated rings. The lowest BCUT2D eigenvalue weighted by molar-refractivity contribution is 0.103. The van der Waals surface area contributed by atoms with E-state index in [1.807, 2.05) is 24.3 Å². The number of H-pyrrole nitrogens is 1. The number of benzene rings is 2. The van der Waals surface area contributed by atoms with Crippen molar-refractivity contribution in [3.8, 4) is 12.3 Å². The fraction of sp³-hybridized carbons (Fsp3) is 0.370. The Hall–Kier alpha value is -2.74. The number of hydrogen-bond acceptors (Lipinski definition) is 3. The van der Waals surface area contributed by atoms with Crippen LogP contribution in [0.25, 0.3) is 10.9 Å². The van der Waals surface area contributed by atoms with Crippen LogP contribution in [0.1, 0.15) is 59.4 Å². The number of nitrogens with one attached hydrogen (secondary N) is 1. The van der Waals surface area contributed by atoms with Gasteiger partial charge in [-0.3, -0.25) is 4.79 Å². The van der Waals surface area contributed by atoms with Gasteiger partial charge in [-0.25, -0.2) is 0 Å². The number of nitrogens with zero attached hydrogens (tertiary/aromatic N) is 2. The zero-order chi connectivity index (χ0) is 22.8.